The fourth-order valence-corrected chi connectivity index (χ4v) is 8.57. The van der Waals surface area contributed by atoms with Gasteiger partial charge < -0.3 is 29.8 Å². The minimum Gasteiger partial charge on any atom is -0.368 e. The Kier molecular flexibility index (Phi) is 10.6. The zero-order chi connectivity index (χ0) is 39.4. The first-order valence-corrected chi connectivity index (χ1v) is 20.3. The third-order valence-corrected chi connectivity index (χ3v) is 11.6. The van der Waals surface area contributed by atoms with Crippen LogP contribution >= 0.6 is 0 Å². The molecule has 3 aliphatic rings. The molecule has 294 valence electrons. The average Bonchev–Trinajstić information content (AvgIpc) is 4.13. The summed E-state index contributed by atoms with van der Waals surface area (Å²) in [6.45, 7) is 1.97. The number of nitrogens with one attached hydrogen (secondary N) is 3. The van der Waals surface area contributed by atoms with Crippen molar-refractivity contribution in [2.45, 2.75) is 69.2 Å². The highest BCUT2D eigenvalue weighted by atomic mass is 16.5. The number of carbonyl (C=O) groups excluding carboxylic acids is 3. The van der Waals surface area contributed by atoms with E-state index in [1.807, 2.05) is 58.6 Å². The van der Waals surface area contributed by atoms with Crippen molar-refractivity contribution in [2.75, 3.05) is 19.7 Å². The minimum atomic E-state index is -0.824. The predicted octanol–water partition coefficient (Wildman–Crippen LogP) is 7.14. The number of aromatic amines is 2. The summed E-state index contributed by atoms with van der Waals surface area (Å²) < 4.78 is 5.68. The van der Waals surface area contributed by atoms with Crippen LogP contribution in [-0.4, -0.2) is 78.2 Å². The Labute approximate surface area is 337 Å². The van der Waals surface area contributed by atoms with E-state index in [0.717, 1.165) is 101 Å². The first-order chi connectivity index (χ1) is 28.5. The number of ether oxygens (including phenoxy) is 1. The van der Waals surface area contributed by atoms with Crippen LogP contribution < -0.4 is 5.32 Å². The van der Waals surface area contributed by atoms with Crippen LogP contribution in [0, 0.1) is 0 Å². The highest BCUT2D eigenvalue weighted by molar-refractivity contribution is 5.90. The predicted molar refractivity (Wildman–Crippen MR) is 219 cm³/mol. The van der Waals surface area contributed by atoms with Gasteiger partial charge in [-0.3, -0.25) is 19.4 Å². The molecule has 4 atom stereocenters. The van der Waals surface area contributed by atoms with Crippen molar-refractivity contribution in [1.29, 1.82) is 0 Å². The van der Waals surface area contributed by atoms with Crippen LogP contribution in [0.25, 0.3) is 33.6 Å². The highest BCUT2D eigenvalue weighted by Gasteiger charge is 2.38. The summed E-state index contributed by atoms with van der Waals surface area (Å²) in [6, 6.07) is 28.6. The molecule has 0 bridgehead atoms. The van der Waals surface area contributed by atoms with E-state index in [2.05, 4.69) is 68.8 Å². The smallest absolute Gasteiger partial charge is 0.252 e. The number of amides is 3. The molecule has 0 radical (unpaired) electrons. The second-order valence-electron chi connectivity index (χ2n) is 15.3. The van der Waals surface area contributed by atoms with Crippen molar-refractivity contribution in [3.05, 3.63) is 139 Å². The van der Waals surface area contributed by atoms with Crippen LogP contribution in [0.2, 0.25) is 0 Å². The Hall–Kier alpha value is -6.40. The number of carbonyl (C=O) groups is 3. The van der Waals surface area contributed by atoms with Gasteiger partial charge in [0.05, 0.1) is 36.1 Å². The SMILES string of the molecule is O=C(Cc1cccnc1)N[C@@H](C(=O)N1CCC[C@H]1c1ncc(-c2ccc(-c3ccc(-c4c[nH]c(C5CCCN5C(=O)[C@H]5CCCO5)n4)cc3)cc2)[nH]1)c1ccccc1. The lowest BCUT2D eigenvalue weighted by atomic mass is 10.0. The van der Waals surface area contributed by atoms with Crippen LogP contribution in [-0.2, 0) is 25.5 Å². The van der Waals surface area contributed by atoms with E-state index in [1.165, 1.54) is 0 Å². The van der Waals surface area contributed by atoms with Gasteiger partial charge in [-0.2, -0.15) is 0 Å². The van der Waals surface area contributed by atoms with Gasteiger partial charge in [-0.25, -0.2) is 9.97 Å². The Balaban J connectivity index is 0.856. The number of hydrogen-bond donors (Lipinski definition) is 3. The third-order valence-electron chi connectivity index (χ3n) is 11.6. The lowest BCUT2D eigenvalue weighted by molar-refractivity contribution is -0.142. The molecular formula is C46H46N8O4. The Morgan fingerprint density at radius 2 is 1.47 bits per heavy atom. The fraction of sp³-hybridized carbons (Fsp3) is 0.304. The molecule has 6 heterocycles. The zero-order valence-electron chi connectivity index (χ0n) is 32.2. The molecule has 3 aromatic carbocycles. The normalized spacial score (nSPS) is 19.7. The average molecular weight is 775 g/mol. The molecule has 58 heavy (non-hydrogen) atoms. The molecule has 12 heteroatoms. The number of rotatable bonds is 11. The van der Waals surface area contributed by atoms with E-state index >= 15 is 0 Å². The second kappa shape index (κ2) is 16.6. The van der Waals surface area contributed by atoms with Crippen molar-refractivity contribution in [3.8, 4) is 33.6 Å². The van der Waals surface area contributed by atoms with Crippen LogP contribution in [0.15, 0.2) is 116 Å². The molecule has 3 N–H and O–H groups in total. The summed E-state index contributed by atoms with van der Waals surface area (Å²) >= 11 is 0. The van der Waals surface area contributed by atoms with Crippen LogP contribution in [0.1, 0.15) is 79.4 Å². The Morgan fingerprint density at radius 1 is 0.759 bits per heavy atom. The summed E-state index contributed by atoms with van der Waals surface area (Å²) in [5, 5.41) is 3.01. The topological polar surface area (TPSA) is 149 Å². The number of aromatic nitrogens is 5. The Bertz CT molecular complexity index is 2350. The van der Waals surface area contributed by atoms with Gasteiger partial charge in [-0.05, 0) is 72.4 Å². The maximum Gasteiger partial charge on any atom is 0.252 e. The number of pyridine rings is 1. The van der Waals surface area contributed by atoms with Crippen LogP contribution in [0.5, 0.6) is 0 Å². The number of hydrogen-bond acceptors (Lipinski definition) is 7. The molecule has 0 saturated carbocycles. The van der Waals surface area contributed by atoms with E-state index in [4.69, 9.17) is 14.7 Å². The number of likely N-dealkylation sites (tertiary alicyclic amines) is 2. The summed E-state index contributed by atoms with van der Waals surface area (Å²) in [4.78, 5) is 65.0. The third kappa shape index (κ3) is 7.79. The summed E-state index contributed by atoms with van der Waals surface area (Å²) in [5.74, 6) is 1.24. The number of nitrogens with zero attached hydrogens (tertiary/aromatic N) is 5. The molecule has 3 aliphatic heterocycles. The largest absolute Gasteiger partial charge is 0.368 e. The molecule has 0 aliphatic carbocycles. The van der Waals surface area contributed by atoms with Crippen molar-refractivity contribution < 1.29 is 19.1 Å². The molecule has 9 rings (SSSR count). The summed E-state index contributed by atoms with van der Waals surface area (Å²) in [5.41, 5.74) is 7.40. The van der Waals surface area contributed by atoms with E-state index < -0.39 is 6.04 Å². The van der Waals surface area contributed by atoms with E-state index in [0.29, 0.717) is 13.2 Å². The molecule has 3 amide bonds. The van der Waals surface area contributed by atoms with Crippen molar-refractivity contribution >= 4 is 17.7 Å². The lowest BCUT2D eigenvalue weighted by Crippen LogP contribution is -2.43. The number of imidazole rings is 2. The Morgan fingerprint density at radius 3 is 2.17 bits per heavy atom. The van der Waals surface area contributed by atoms with Gasteiger partial charge in [0.1, 0.15) is 23.8 Å². The molecule has 3 aromatic heterocycles. The minimum absolute atomic E-state index is 0.0522. The van der Waals surface area contributed by atoms with Crippen LogP contribution in [0.3, 0.4) is 0 Å². The summed E-state index contributed by atoms with van der Waals surface area (Å²) in [6.07, 6.45) is 12.1. The molecule has 3 saturated heterocycles. The molecule has 0 spiro atoms. The quantitative estimate of drug-likeness (QED) is 0.127. The van der Waals surface area contributed by atoms with Gasteiger partial charge in [-0.15, -0.1) is 0 Å². The number of benzene rings is 3. The van der Waals surface area contributed by atoms with Gasteiger partial charge in [0.15, 0.2) is 0 Å². The van der Waals surface area contributed by atoms with Crippen molar-refractivity contribution in [1.82, 2.24) is 40.0 Å². The molecule has 6 aromatic rings. The summed E-state index contributed by atoms with van der Waals surface area (Å²) in [7, 11) is 0. The first-order valence-electron chi connectivity index (χ1n) is 20.3. The van der Waals surface area contributed by atoms with E-state index in [1.54, 1.807) is 18.5 Å². The van der Waals surface area contributed by atoms with Gasteiger partial charge in [0, 0.05) is 43.9 Å². The van der Waals surface area contributed by atoms with Gasteiger partial charge >= 0.3 is 0 Å². The molecule has 12 nitrogen and oxygen atoms in total. The van der Waals surface area contributed by atoms with Crippen molar-refractivity contribution in [3.63, 3.8) is 0 Å². The fourth-order valence-electron chi connectivity index (χ4n) is 8.57. The van der Waals surface area contributed by atoms with Crippen LogP contribution in [0.4, 0.5) is 0 Å². The van der Waals surface area contributed by atoms with Crippen molar-refractivity contribution in [2.24, 2.45) is 0 Å². The monoisotopic (exact) mass is 774 g/mol. The highest BCUT2D eigenvalue weighted by Crippen LogP contribution is 2.36. The maximum absolute atomic E-state index is 14.2. The van der Waals surface area contributed by atoms with Gasteiger partial charge in [0.25, 0.3) is 5.91 Å². The zero-order valence-corrected chi connectivity index (χ0v) is 32.2. The number of H-pyrrole nitrogens is 2. The molecule has 3 fully saturated rings. The molecular weight excluding hydrogens is 729 g/mol. The van der Waals surface area contributed by atoms with E-state index in [9.17, 15) is 14.4 Å². The lowest BCUT2D eigenvalue weighted by Gasteiger charge is -2.28. The van der Waals surface area contributed by atoms with Gasteiger partial charge in [-0.1, -0.05) is 84.9 Å². The first kappa shape index (κ1) is 37.2. The van der Waals surface area contributed by atoms with E-state index in [-0.39, 0.29) is 42.3 Å². The molecule has 1 unspecified atom stereocenters. The maximum atomic E-state index is 14.2. The van der Waals surface area contributed by atoms with Gasteiger partial charge in [0.2, 0.25) is 11.8 Å². The second-order valence-corrected chi connectivity index (χ2v) is 15.3. The standard InChI is InChI=1S/C46H46N8O4/c55-41(26-30-8-4-22-47-27-30)52-42(35-9-2-1-3-10-35)46(57)54-24-6-12-39(54)44-49-29-37(51-44)34-20-16-32(17-21-34)31-14-18-33(19-15-31)36-28-48-43(50-36)38-11-5-23-53(38)45(56)40-13-7-25-58-40/h1-4,8-10,14-22,27-29,38-40,42H,5-7,11-13,23-26H2,(H,48,50)(H,49,51)(H,52,55)/t38?,39-,40+,42+/m0/s1.